The Bertz CT molecular complexity index is 650. The van der Waals surface area contributed by atoms with Gasteiger partial charge in [-0.15, -0.1) is 0 Å². The number of fused-ring (bicyclic) bond motifs is 2. The standard InChI is InChI=1S/C16H16FNO3/c1-15(2)11-7-8-16(15,13(20)12(11)19)14(21)18-10-5-3-9(17)4-6-10/h3-6,11H,7-8H2,1-2H3,(H,18,21)/t11-,16-/m1/s1. The molecule has 2 fully saturated rings. The highest BCUT2D eigenvalue weighted by atomic mass is 19.1. The van der Waals surface area contributed by atoms with Crippen LogP contribution >= 0.6 is 0 Å². The molecule has 1 amide bonds. The molecule has 1 aromatic rings. The van der Waals surface area contributed by atoms with Crippen LogP contribution in [0.15, 0.2) is 24.3 Å². The van der Waals surface area contributed by atoms with Gasteiger partial charge in [-0.25, -0.2) is 4.39 Å². The topological polar surface area (TPSA) is 63.2 Å². The Hall–Kier alpha value is -2.04. The number of halogens is 1. The molecule has 110 valence electrons. The molecule has 2 saturated carbocycles. The van der Waals surface area contributed by atoms with Crippen LogP contribution in [0.25, 0.3) is 0 Å². The Balaban J connectivity index is 1.95. The molecule has 21 heavy (non-hydrogen) atoms. The van der Waals surface area contributed by atoms with Gasteiger partial charge in [-0.05, 0) is 42.5 Å². The van der Waals surface area contributed by atoms with Crippen molar-refractivity contribution in [3.63, 3.8) is 0 Å². The summed E-state index contributed by atoms with van der Waals surface area (Å²) in [6.45, 7) is 3.61. The molecule has 0 radical (unpaired) electrons. The molecule has 2 aliphatic carbocycles. The van der Waals surface area contributed by atoms with Crippen LogP contribution in [0.1, 0.15) is 26.7 Å². The number of carbonyl (C=O) groups excluding carboxylic acids is 3. The second kappa shape index (κ2) is 4.23. The van der Waals surface area contributed by atoms with Gasteiger partial charge in [-0.1, -0.05) is 13.8 Å². The van der Waals surface area contributed by atoms with Gasteiger partial charge in [-0.3, -0.25) is 14.4 Å². The van der Waals surface area contributed by atoms with Gasteiger partial charge < -0.3 is 5.32 Å². The molecule has 0 aliphatic heterocycles. The molecule has 0 unspecified atom stereocenters. The molecule has 4 nitrogen and oxygen atoms in total. The lowest BCUT2D eigenvalue weighted by molar-refractivity contribution is -0.147. The van der Waals surface area contributed by atoms with Gasteiger partial charge in [0.2, 0.25) is 17.5 Å². The average molecular weight is 289 g/mol. The van der Waals surface area contributed by atoms with Crippen molar-refractivity contribution in [1.29, 1.82) is 0 Å². The molecule has 2 aliphatic rings. The predicted octanol–water partition coefficient (Wildman–Crippen LogP) is 2.34. The molecule has 2 bridgehead atoms. The van der Waals surface area contributed by atoms with E-state index in [-0.39, 0.29) is 5.92 Å². The van der Waals surface area contributed by atoms with Gasteiger partial charge in [0, 0.05) is 11.6 Å². The van der Waals surface area contributed by atoms with Crippen LogP contribution in [0.5, 0.6) is 0 Å². The zero-order valence-corrected chi connectivity index (χ0v) is 11.9. The molecular formula is C16H16FNO3. The van der Waals surface area contributed by atoms with E-state index in [9.17, 15) is 18.8 Å². The minimum absolute atomic E-state index is 0.371. The van der Waals surface area contributed by atoms with Crippen LogP contribution in [0.3, 0.4) is 0 Å². The monoisotopic (exact) mass is 289 g/mol. The van der Waals surface area contributed by atoms with Crippen molar-refractivity contribution in [2.24, 2.45) is 16.7 Å². The fraction of sp³-hybridized carbons (Fsp3) is 0.438. The summed E-state index contributed by atoms with van der Waals surface area (Å²) < 4.78 is 12.9. The summed E-state index contributed by atoms with van der Waals surface area (Å²) in [7, 11) is 0. The summed E-state index contributed by atoms with van der Waals surface area (Å²) in [5, 5.41) is 2.66. The Kier molecular flexibility index (Phi) is 2.80. The second-order valence-corrected chi connectivity index (χ2v) is 6.37. The fourth-order valence-electron chi connectivity index (χ4n) is 3.86. The molecule has 0 spiro atoms. The second-order valence-electron chi connectivity index (χ2n) is 6.37. The number of ketones is 2. The number of anilines is 1. The van der Waals surface area contributed by atoms with Crippen molar-refractivity contribution in [1.82, 2.24) is 0 Å². The Morgan fingerprint density at radius 2 is 1.86 bits per heavy atom. The Morgan fingerprint density at radius 1 is 1.24 bits per heavy atom. The normalized spacial score (nSPS) is 29.8. The van der Waals surface area contributed by atoms with Crippen LogP contribution in [0, 0.1) is 22.6 Å². The van der Waals surface area contributed by atoms with Crippen molar-refractivity contribution in [2.45, 2.75) is 26.7 Å². The van der Waals surface area contributed by atoms with Crippen LogP contribution < -0.4 is 5.32 Å². The number of Topliss-reactive ketones (excluding diaryl/α,β-unsaturated/α-hetero) is 2. The zero-order valence-electron chi connectivity index (χ0n) is 11.9. The van der Waals surface area contributed by atoms with Gasteiger partial charge in [-0.2, -0.15) is 0 Å². The molecule has 0 heterocycles. The van der Waals surface area contributed by atoms with Crippen molar-refractivity contribution in [3.8, 4) is 0 Å². The van der Waals surface area contributed by atoms with Crippen LogP contribution in [0.2, 0.25) is 0 Å². The lowest BCUT2D eigenvalue weighted by Gasteiger charge is -2.33. The van der Waals surface area contributed by atoms with Gasteiger partial charge in [0.1, 0.15) is 11.2 Å². The van der Waals surface area contributed by atoms with Crippen molar-refractivity contribution < 1.29 is 18.8 Å². The first kappa shape index (κ1) is 13.9. The van der Waals surface area contributed by atoms with Crippen LogP contribution in [-0.2, 0) is 14.4 Å². The summed E-state index contributed by atoms with van der Waals surface area (Å²) in [4.78, 5) is 37.0. The summed E-state index contributed by atoms with van der Waals surface area (Å²) in [6.07, 6.45) is 0.955. The quantitative estimate of drug-likeness (QED) is 0.671. The van der Waals surface area contributed by atoms with Gasteiger partial charge in [0.05, 0.1) is 0 Å². The van der Waals surface area contributed by atoms with E-state index >= 15 is 0 Å². The van der Waals surface area contributed by atoms with Crippen LogP contribution in [0.4, 0.5) is 10.1 Å². The van der Waals surface area contributed by atoms with E-state index in [0.29, 0.717) is 18.5 Å². The molecule has 3 rings (SSSR count). The van der Waals surface area contributed by atoms with E-state index < -0.39 is 34.1 Å². The highest BCUT2D eigenvalue weighted by Crippen LogP contribution is 2.62. The SMILES string of the molecule is CC1(C)[C@@H]2CC[C@]1(C(=O)Nc1ccc(F)cc1)C(=O)C2=O. The lowest BCUT2D eigenvalue weighted by atomic mass is 9.68. The molecule has 0 saturated heterocycles. The average Bonchev–Trinajstić information content (AvgIpc) is 2.78. The summed E-state index contributed by atoms with van der Waals surface area (Å²) >= 11 is 0. The Morgan fingerprint density at radius 3 is 2.38 bits per heavy atom. The maximum Gasteiger partial charge on any atom is 0.239 e. The number of hydrogen-bond donors (Lipinski definition) is 1. The van der Waals surface area contributed by atoms with E-state index in [1.807, 2.05) is 0 Å². The summed E-state index contributed by atoms with van der Waals surface area (Å²) in [6, 6.07) is 5.34. The first-order valence-electron chi connectivity index (χ1n) is 6.96. The molecule has 5 heteroatoms. The number of benzene rings is 1. The summed E-state index contributed by atoms with van der Waals surface area (Å²) in [5.74, 6) is -2.25. The molecular weight excluding hydrogens is 273 g/mol. The van der Waals surface area contributed by atoms with E-state index in [0.717, 1.165) is 0 Å². The van der Waals surface area contributed by atoms with Gasteiger partial charge in [0.15, 0.2) is 0 Å². The highest BCUT2D eigenvalue weighted by molar-refractivity contribution is 6.48. The van der Waals surface area contributed by atoms with Crippen molar-refractivity contribution in [2.75, 3.05) is 5.32 Å². The smallest absolute Gasteiger partial charge is 0.239 e. The number of nitrogens with one attached hydrogen (secondary N) is 1. The van der Waals surface area contributed by atoms with Crippen LogP contribution in [-0.4, -0.2) is 17.5 Å². The first-order chi connectivity index (χ1) is 9.80. The Labute approximate surface area is 121 Å². The van der Waals surface area contributed by atoms with E-state index in [4.69, 9.17) is 0 Å². The maximum absolute atomic E-state index is 12.9. The minimum Gasteiger partial charge on any atom is -0.325 e. The van der Waals surface area contributed by atoms with E-state index in [2.05, 4.69) is 5.32 Å². The van der Waals surface area contributed by atoms with E-state index in [1.165, 1.54) is 24.3 Å². The molecule has 0 aromatic heterocycles. The van der Waals surface area contributed by atoms with Crippen molar-refractivity contribution in [3.05, 3.63) is 30.1 Å². The summed E-state index contributed by atoms with van der Waals surface area (Å²) in [5.41, 5.74) is -1.55. The number of amides is 1. The van der Waals surface area contributed by atoms with Crippen molar-refractivity contribution >= 4 is 23.2 Å². The van der Waals surface area contributed by atoms with E-state index in [1.54, 1.807) is 13.8 Å². The predicted molar refractivity (Wildman–Crippen MR) is 74.0 cm³/mol. The maximum atomic E-state index is 12.9. The zero-order chi connectivity index (χ0) is 15.4. The number of carbonyl (C=O) groups is 3. The third-order valence-electron chi connectivity index (χ3n) is 5.20. The van der Waals surface area contributed by atoms with Gasteiger partial charge in [0.25, 0.3) is 0 Å². The largest absolute Gasteiger partial charge is 0.325 e. The minimum atomic E-state index is -1.29. The molecule has 1 aromatic carbocycles. The highest BCUT2D eigenvalue weighted by Gasteiger charge is 2.72. The first-order valence-corrected chi connectivity index (χ1v) is 6.96. The molecule has 2 atom stereocenters. The third kappa shape index (κ3) is 1.63. The number of hydrogen-bond acceptors (Lipinski definition) is 3. The van der Waals surface area contributed by atoms with Gasteiger partial charge >= 0.3 is 0 Å². The number of rotatable bonds is 2. The third-order valence-corrected chi connectivity index (χ3v) is 5.20. The molecule has 1 N–H and O–H groups in total. The fourth-order valence-corrected chi connectivity index (χ4v) is 3.86. The lowest BCUT2D eigenvalue weighted by Crippen LogP contribution is -2.47.